The van der Waals surface area contributed by atoms with Gasteiger partial charge >= 0.3 is 0 Å². The first kappa shape index (κ1) is 9.81. The largest absolute Gasteiger partial charge is 0.313 e. The van der Waals surface area contributed by atoms with Crippen LogP contribution in [0.15, 0.2) is 0 Å². The molecule has 0 aromatic rings. The van der Waals surface area contributed by atoms with Crippen LogP contribution in [0, 0.1) is 0 Å². The maximum atomic E-state index is 3.58. The van der Waals surface area contributed by atoms with Crippen LogP contribution in [-0.4, -0.2) is 48.6 Å². The summed E-state index contributed by atoms with van der Waals surface area (Å²) in [5.74, 6) is 2.71. The second kappa shape index (κ2) is 5.23. The van der Waals surface area contributed by atoms with E-state index in [9.17, 15) is 0 Å². The highest BCUT2D eigenvalue weighted by Crippen LogP contribution is 2.12. The monoisotopic (exact) mass is 200 g/mol. The molecule has 0 radical (unpaired) electrons. The van der Waals surface area contributed by atoms with Crippen LogP contribution in [0.1, 0.15) is 19.3 Å². The fourth-order valence-electron chi connectivity index (χ4n) is 2.20. The van der Waals surface area contributed by atoms with Crippen LogP contribution in [-0.2, 0) is 0 Å². The molecule has 3 heteroatoms. The Kier molecular flexibility index (Phi) is 3.94. The number of nitrogens with zero attached hydrogens (tertiary/aromatic N) is 1. The minimum Gasteiger partial charge on any atom is -0.313 e. The van der Waals surface area contributed by atoms with Gasteiger partial charge in [-0.05, 0) is 38.1 Å². The molecule has 0 unspecified atom stereocenters. The molecular weight excluding hydrogens is 180 g/mol. The third-order valence-electron chi connectivity index (χ3n) is 2.96. The Morgan fingerprint density at radius 1 is 1.23 bits per heavy atom. The van der Waals surface area contributed by atoms with Gasteiger partial charge in [0, 0.05) is 24.9 Å². The fourth-order valence-corrected chi connectivity index (χ4v) is 3.13. The van der Waals surface area contributed by atoms with E-state index in [0.717, 1.165) is 6.04 Å². The Morgan fingerprint density at radius 2 is 2.23 bits per heavy atom. The molecular formula is C10H20N2S. The standard InChI is InChI=1S/C10H20N2S/c1-3-10(11-4-1)9-12-5-2-7-13-8-6-12/h10-11H,1-9H2/t10-/m0/s1. The van der Waals surface area contributed by atoms with Crippen molar-refractivity contribution in [1.29, 1.82) is 0 Å². The van der Waals surface area contributed by atoms with Gasteiger partial charge in [-0.2, -0.15) is 11.8 Å². The summed E-state index contributed by atoms with van der Waals surface area (Å²) in [6.07, 6.45) is 4.16. The minimum absolute atomic E-state index is 0.795. The van der Waals surface area contributed by atoms with Gasteiger partial charge in [0.2, 0.25) is 0 Å². The van der Waals surface area contributed by atoms with Crippen molar-refractivity contribution in [3.05, 3.63) is 0 Å². The number of hydrogen-bond donors (Lipinski definition) is 1. The molecule has 0 aliphatic carbocycles. The third kappa shape index (κ3) is 3.15. The van der Waals surface area contributed by atoms with Gasteiger partial charge in [-0.15, -0.1) is 0 Å². The molecule has 0 spiro atoms. The molecule has 2 saturated heterocycles. The first-order valence-electron chi connectivity index (χ1n) is 5.48. The molecule has 0 saturated carbocycles. The summed E-state index contributed by atoms with van der Waals surface area (Å²) in [7, 11) is 0. The van der Waals surface area contributed by atoms with Gasteiger partial charge in [0.15, 0.2) is 0 Å². The predicted octanol–water partition coefficient (Wildman–Crippen LogP) is 1.18. The van der Waals surface area contributed by atoms with Crippen LogP contribution in [0.5, 0.6) is 0 Å². The molecule has 0 aromatic carbocycles. The van der Waals surface area contributed by atoms with Gasteiger partial charge in [-0.1, -0.05) is 0 Å². The third-order valence-corrected chi connectivity index (χ3v) is 4.00. The summed E-state index contributed by atoms with van der Waals surface area (Å²) < 4.78 is 0. The lowest BCUT2D eigenvalue weighted by Crippen LogP contribution is -2.38. The van der Waals surface area contributed by atoms with Gasteiger partial charge in [0.1, 0.15) is 0 Å². The second-order valence-corrected chi connectivity index (χ2v) is 5.28. The van der Waals surface area contributed by atoms with Crippen LogP contribution >= 0.6 is 11.8 Å². The van der Waals surface area contributed by atoms with Crippen molar-refractivity contribution in [3.63, 3.8) is 0 Å². The van der Waals surface area contributed by atoms with E-state index in [1.807, 2.05) is 0 Å². The molecule has 2 aliphatic heterocycles. The molecule has 2 nitrogen and oxygen atoms in total. The molecule has 13 heavy (non-hydrogen) atoms. The molecule has 2 aliphatic rings. The van der Waals surface area contributed by atoms with E-state index in [-0.39, 0.29) is 0 Å². The maximum Gasteiger partial charge on any atom is 0.0195 e. The Morgan fingerprint density at radius 3 is 3.08 bits per heavy atom. The SMILES string of the molecule is C1CN[C@H](CN2CCCSCC2)C1. The van der Waals surface area contributed by atoms with Crippen LogP contribution < -0.4 is 5.32 Å². The smallest absolute Gasteiger partial charge is 0.0195 e. The number of rotatable bonds is 2. The average Bonchev–Trinajstić information content (AvgIpc) is 2.49. The van der Waals surface area contributed by atoms with Gasteiger partial charge in [0.05, 0.1) is 0 Å². The number of nitrogens with one attached hydrogen (secondary N) is 1. The summed E-state index contributed by atoms with van der Waals surface area (Å²) in [5, 5.41) is 3.58. The summed E-state index contributed by atoms with van der Waals surface area (Å²) in [5.41, 5.74) is 0. The minimum atomic E-state index is 0.795. The topological polar surface area (TPSA) is 15.3 Å². The van der Waals surface area contributed by atoms with E-state index in [1.54, 1.807) is 0 Å². The van der Waals surface area contributed by atoms with E-state index in [4.69, 9.17) is 0 Å². The fraction of sp³-hybridized carbons (Fsp3) is 1.00. The molecule has 2 heterocycles. The van der Waals surface area contributed by atoms with E-state index in [2.05, 4.69) is 22.0 Å². The molecule has 0 bridgehead atoms. The lowest BCUT2D eigenvalue weighted by atomic mass is 10.2. The molecule has 0 aromatic heterocycles. The van der Waals surface area contributed by atoms with Gasteiger partial charge in [-0.3, -0.25) is 0 Å². The normalized spacial score (nSPS) is 31.8. The number of thioether (sulfide) groups is 1. The van der Waals surface area contributed by atoms with Crippen LogP contribution in [0.25, 0.3) is 0 Å². The van der Waals surface area contributed by atoms with Crippen molar-refractivity contribution >= 4 is 11.8 Å². The summed E-state index contributed by atoms with van der Waals surface area (Å²) in [6, 6.07) is 0.795. The average molecular weight is 200 g/mol. The highest BCUT2D eigenvalue weighted by Gasteiger charge is 2.18. The van der Waals surface area contributed by atoms with Crippen molar-refractivity contribution in [2.24, 2.45) is 0 Å². The Labute approximate surface area is 85.4 Å². The van der Waals surface area contributed by atoms with Crippen molar-refractivity contribution in [1.82, 2.24) is 10.2 Å². The van der Waals surface area contributed by atoms with Crippen molar-refractivity contribution in [2.75, 3.05) is 37.7 Å². The van der Waals surface area contributed by atoms with E-state index in [1.165, 1.54) is 56.9 Å². The molecule has 2 rings (SSSR count). The maximum absolute atomic E-state index is 3.58. The predicted molar refractivity (Wildman–Crippen MR) is 59.4 cm³/mol. The van der Waals surface area contributed by atoms with Gasteiger partial charge in [0.25, 0.3) is 0 Å². The first-order valence-corrected chi connectivity index (χ1v) is 6.64. The Hall–Kier alpha value is 0.270. The molecule has 76 valence electrons. The highest BCUT2D eigenvalue weighted by atomic mass is 32.2. The van der Waals surface area contributed by atoms with Crippen molar-refractivity contribution < 1.29 is 0 Å². The summed E-state index contributed by atoms with van der Waals surface area (Å²) in [6.45, 7) is 5.17. The quantitative estimate of drug-likeness (QED) is 0.720. The lowest BCUT2D eigenvalue weighted by molar-refractivity contribution is 0.267. The zero-order valence-corrected chi connectivity index (χ0v) is 9.11. The van der Waals surface area contributed by atoms with Gasteiger partial charge in [-0.25, -0.2) is 0 Å². The van der Waals surface area contributed by atoms with Crippen molar-refractivity contribution in [2.45, 2.75) is 25.3 Å². The van der Waals surface area contributed by atoms with E-state index >= 15 is 0 Å². The second-order valence-electron chi connectivity index (χ2n) is 4.06. The van der Waals surface area contributed by atoms with Crippen LogP contribution in [0.3, 0.4) is 0 Å². The first-order chi connectivity index (χ1) is 6.45. The number of hydrogen-bond acceptors (Lipinski definition) is 3. The van der Waals surface area contributed by atoms with Crippen LogP contribution in [0.4, 0.5) is 0 Å². The van der Waals surface area contributed by atoms with Gasteiger partial charge < -0.3 is 10.2 Å². The zero-order chi connectivity index (χ0) is 8.93. The zero-order valence-electron chi connectivity index (χ0n) is 8.30. The summed E-state index contributed by atoms with van der Waals surface area (Å²) >= 11 is 2.12. The Bertz CT molecular complexity index is 138. The van der Waals surface area contributed by atoms with Crippen LogP contribution in [0.2, 0.25) is 0 Å². The highest BCUT2D eigenvalue weighted by molar-refractivity contribution is 7.99. The molecule has 2 fully saturated rings. The van der Waals surface area contributed by atoms with Crippen molar-refractivity contribution in [3.8, 4) is 0 Å². The summed E-state index contributed by atoms with van der Waals surface area (Å²) in [4.78, 5) is 2.64. The Balaban J connectivity index is 1.71. The molecule has 0 amide bonds. The van der Waals surface area contributed by atoms with E-state index in [0.29, 0.717) is 0 Å². The van der Waals surface area contributed by atoms with E-state index < -0.39 is 0 Å². The lowest BCUT2D eigenvalue weighted by Gasteiger charge is -2.23. The molecule has 1 atom stereocenters. The molecule has 1 N–H and O–H groups in total.